The van der Waals surface area contributed by atoms with Crippen LogP contribution in [0.4, 0.5) is 36.3 Å². The Balaban J connectivity index is 1.76. The smallest absolute Gasteiger partial charge is 0.340 e. The van der Waals surface area contributed by atoms with E-state index >= 15 is 0 Å². The van der Waals surface area contributed by atoms with Crippen LogP contribution < -0.4 is 10.6 Å². The molecule has 158 valence electrons. The number of hydrogen-bond acceptors (Lipinski definition) is 4. The third-order valence-electron chi connectivity index (χ3n) is 4.66. The summed E-state index contributed by atoms with van der Waals surface area (Å²) in [4.78, 5) is 7.89. The Morgan fingerprint density at radius 1 is 0.833 bits per heavy atom. The van der Waals surface area contributed by atoms with E-state index in [-0.39, 0.29) is 11.8 Å². The van der Waals surface area contributed by atoms with Gasteiger partial charge in [-0.05, 0) is 42.7 Å². The van der Waals surface area contributed by atoms with Gasteiger partial charge in [-0.3, -0.25) is 0 Å². The first kappa shape index (κ1) is 21.6. The molecule has 1 heterocycles. The Labute approximate surface area is 174 Å². The van der Waals surface area contributed by atoms with Crippen LogP contribution in [0.15, 0.2) is 60.8 Å². The van der Waals surface area contributed by atoms with Crippen LogP contribution in [0.3, 0.4) is 0 Å². The molecular weight excluding hydrogens is 389 g/mol. The molecule has 0 fully saturated rings. The van der Waals surface area contributed by atoms with Gasteiger partial charge in [0.15, 0.2) is 0 Å². The molecule has 1 aromatic heterocycles. The summed E-state index contributed by atoms with van der Waals surface area (Å²) < 4.78 is 40.3. The summed E-state index contributed by atoms with van der Waals surface area (Å²) in [5, 5.41) is 5.72. The zero-order chi connectivity index (χ0) is 21.4. The van der Waals surface area contributed by atoms with Gasteiger partial charge in [0, 0.05) is 17.6 Å². The maximum absolute atomic E-state index is 13.4. The van der Waals surface area contributed by atoms with E-state index in [4.69, 9.17) is 0 Å². The van der Waals surface area contributed by atoms with E-state index < -0.39 is 11.7 Å². The number of benzene rings is 2. The SMILES string of the molecule is CCCCCCc1ccc(Nc2nc(Nc3ccccc3)ncc2C(F)(F)F)cc1. The monoisotopic (exact) mass is 414 g/mol. The highest BCUT2D eigenvalue weighted by Crippen LogP contribution is 2.35. The maximum Gasteiger partial charge on any atom is 0.421 e. The summed E-state index contributed by atoms with van der Waals surface area (Å²) in [7, 11) is 0. The van der Waals surface area contributed by atoms with Crippen LogP contribution in [-0.4, -0.2) is 9.97 Å². The van der Waals surface area contributed by atoms with Crippen LogP contribution >= 0.6 is 0 Å². The van der Waals surface area contributed by atoms with E-state index in [1.54, 1.807) is 24.3 Å². The number of nitrogens with zero attached hydrogens (tertiary/aromatic N) is 2. The molecule has 0 bridgehead atoms. The minimum atomic E-state index is -4.56. The van der Waals surface area contributed by atoms with Gasteiger partial charge in [-0.2, -0.15) is 18.2 Å². The van der Waals surface area contributed by atoms with Crippen molar-refractivity contribution in [1.29, 1.82) is 0 Å². The Morgan fingerprint density at radius 2 is 1.53 bits per heavy atom. The lowest BCUT2D eigenvalue weighted by Gasteiger charge is -2.15. The van der Waals surface area contributed by atoms with Gasteiger partial charge < -0.3 is 10.6 Å². The van der Waals surface area contributed by atoms with Crippen LogP contribution in [-0.2, 0) is 12.6 Å². The topological polar surface area (TPSA) is 49.8 Å². The summed E-state index contributed by atoms with van der Waals surface area (Å²) in [5.74, 6) is -0.198. The quantitative estimate of drug-likeness (QED) is 0.367. The first-order chi connectivity index (χ1) is 14.5. The number of alkyl halides is 3. The zero-order valence-corrected chi connectivity index (χ0v) is 16.8. The number of nitrogens with one attached hydrogen (secondary N) is 2. The van der Waals surface area contributed by atoms with Gasteiger partial charge >= 0.3 is 6.18 Å². The van der Waals surface area contributed by atoms with E-state index in [9.17, 15) is 13.2 Å². The van der Waals surface area contributed by atoms with Crippen molar-refractivity contribution in [2.45, 2.75) is 45.2 Å². The first-order valence-corrected chi connectivity index (χ1v) is 10.1. The molecule has 0 amide bonds. The van der Waals surface area contributed by atoms with E-state index in [1.165, 1.54) is 24.8 Å². The number of halogens is 3. The molecular formula is C23H25F3N4. The van der Waals surface area contributed by atoms with Crippen molar-refractivity contribution in [2.75, 3.05) is 10.6 Å². The van der Waals surface area contributed by atoms with Crippen LogP contribution in [0.2, 0.25) is 0 Å². The highest BCUT2D eigenvalue weighted by Gasteiger charge is 2.35. The van der Waals surface area contributed by atoms with E-state index in [2.05, 4.69) is 27.5 Å². The van der Waals surface area contributed by atoms with Gasteiger partial charge in [-0.1, -0.05) is 56.5 Å². The average Bonchev–Trinajstić information content (AvgIpc) is 2.72. The van der Waals surface area contributed by atoms with Gasteiger partial charge in [0.1, 0.15) is 11.4 Å². The van der Waals surface area contributed by atoms with E-state index in [0.29, 0.717) is 11.4 Å². The standard InChI is InChI=1S/C23H25F3N4/c1-2-3-4-6-9-17-12-14-19(15-13-17)28-21-20(23(24,25)26)16-27-22(30-21)29-18-10-7-5-8-11-18/h5,7-8,10-16H,2-4,6,9H2,1H3,(H2,27,28,29,30). The third-order valence-corrected chi connectivity index (χ3v) is 4.66. The van der Waals surface area contributed by atoms with Crippen molar-refractivity contribution in [2.24, 2.45) is 0 Å². The van der Waals surface area contributed by atoms with Crippen LogP contribution in [0.1, 0.15) is 43.7 Å². The maximum atomic E-state index is 13.4. The highest BCUT2D eigenvalue weighted by atomic mass is 19.4. The van der Waals surface area contributed by atoms with Gasteiger partial charge in [0.25, 0.3) is 0 Å². The number of rotatable bonds is 9. The molecule has 0 aliphatic carbocycles. The summed E-state index contributed by atoms with van der Waals surface area (Å²) in [6, 6.07) is 16.5. The minimum absolute atomic E-state index is 0.0873. The fourth-order valence-electron chi connectivity index (χ4n) is 3.04. The van der Waals surface area contributed by atoms with Gasteiger partial charge in [0.05, 0.1) is 0 Å². The number of anilines is 4. The molecule has 0 atom stereocenters. The number of para-hydroxylation sites is 1. The summed E-state index contributed by atoms with van der Waals surface area (Å²) >= 11 is 0. The predicted molar refractivity (Wildman–Crippen MR) is 114 cm³/mol. The lowest BCUT2D eigenvalue weighted by Crippen LogP contribution is -2.12. The Kier molecular flexibility index (Phi) is 7.27. The molecule has 2 N–H and O–H groups in total. The Morgan fingerprint density at radius 3 is 2.20 bits per heavy atom. The molecule has 2 aromatic carbocycles. The second-order valence-corrected chi connectivity index (χ2v) is 7.08. The molecule has 0 spiro atoms. The van der Waals surface area contributed by atoms with Crippen molar-refractivity contribution in [3.05, 3.63) is 71.9 Å². The highest BCUT2D eigenvalue weighted by molar-refractivity contribution is 5.63. The normalized spacial score (nSPS) is 11.3. The van der Waals surface area contributed by atoms with Crippen LogP contribution in [0.25, 0.3) is 0 Å². The molecule has 30 heavy (non-hydrogen) atoms. The van der Waals surface area contributed by atoms with Crippen molar-refractivity contribution in [1.82, 2.24) is 9.97 Å². The number of hydrogen-bond donors (Lipinski definition) is 2. The van der Waals surface area contributed by atoms with Crippen molar-refractivity contribution >= 4 is 23.1 Å². The average molecular weight is 414 g/mol. The van der Waals surface area contributed by atoms with Gasteiger partial charge in [-0.25, -0.2) is 4.98 Å². The Bertz CT molecular complexity index is 925. The molecule has 0 aliphatic heterocycles. The molecule has 7 heteroatoms. The summed E-state index contributed by atoms with van der Waals surface area (Å²) in [6.07, 6.45) is 1.89. The fraction of sp³-hybridized carbons (Fsp3) is 0.304. The van der Waals surface area contributed by atoms with Crippen molar-refractivity contribution in [3.8, 4) is 0 Å². The second kappa shape index (κ2) is 10.1. The molecule has 0 radical (unpaired) electrons. The van der Waals surface area contributed by atoms with Crippen molar-refractivity contribution in [3.63, 3.8) is 0 Å². The molecule has 4 nitrogen and oxygen atoms in total. The lowest BCUT2D eigenvalue weighted by atomic mass is 10.1. The predicted octanol–water partition coefficient (Wildman–Crippen LogP) is 7.11. The Hall–Kier alpha value is -3.09. The third kappa shape index (κ3) is 6.20. The van der Waals surface area contributed by atoms with E-state index in [0.717, 1.165) is 19.0 Å². The van der Waals surface area contributed by atoms with Gasteiger partial charge in [-0.15, -0.1) is 0 Å². The molecule has 0 saturated heterocycles. The minimum Gasteiger partial charge on any atom is -0.340 e. The summed E-state index contributed by atoms with van der Waals surface area (Å²) in [5.41, 5.74) is 1.49. The molecule has 0 unspecified atom stereocenters. The van der Waals surface area contributed by atoms with Crippen LogP contribution in [0, 0.1) is 0 Å². The summed E-state index contributed by atoms with van der Waals surface area (Å²) in [6.45, 7) is 2.17. The van der Waals surface area contributed by atoms with Gasteiger partial charge in [0.2, 0.25) is 5.95 Å². The molecule has 3 rings (SSSR count). The van der Waals surface area contributed by atoms with E-state index in [1.807, 2.05) is 30.3 Å². The number of aryl methyl sites for hydroxylation is 1. The fourth-order valence-corrected chi connectivity index (χ4v) is 3.04. The zero-order valence-electron chi connectivity index (χ0n) is 16.8. The number of unbranched alkanes of at least 4 members (excludes halogenated alkanes) is 3. The lowest BCUT2D eigenvalue weighted by molar-refractivity contribution is -0.137. The molecule has 0 saturated carbocycles. The van der Waals surface area contributed by atoms with Crippen molar-refractivity contribution < 1.29 is 13.2 Å². The largest absolute Gasteiger partial charge is 0.421 e. The molecule has 3 aromatic rings. The second-order valence-electron chi connectivity index (χ2n) is 7.08. The number of aromatic nitrogens is 2. The molecule has 0 aliphatic rings. The first-order valence-electron chi connectivity index (χ1n) is 10.1. The van der Waals surface area contributed by atoms with Crippen LogP contribution in [0.5, 0.6) is 0 Å².